The third kappa shape index (κ3) is 2.24. The van der Waals surface area contributed by atoms with E-state index in [4.69, 9.17) is 12.2 Å². The summed E-state index contributed by atoms with van der Waals surface area (Å²) in [5.41, 5.74) is 2.50. The highest BCUT2D eigenvalue weighted by Crippen LogP contribution is 2.14. The van der Waals surface area contributed by atoms with Crippen LogP contribution < -0.4 is 5.56 Å². The molecule has 0 aliphatic heterocycles. The Hall–Kier alpha value is -1.79. The predicted octanol–water partition coefficient (Wildman–Crippen LogP) is 2.87. The minimum absolute atomic E-state index is 0.0583. The molecule has 3 rings (SSSR count). The first-order valence-corrected chi connectivity index (χ1v) is 7.07. The van der Waals surface area contributed by atoms with Crippen LogP contribution in [0.3, 0.4) is 0 Å². The zero-order valence-electron chi connectivity index (χ0n) is 10.2. The van der Waals surface area contributed by atoms with E-state index in [2.05, 4.69) is 9.97 Å². The number of aryl methyl sites for hydroxylation is 1. The zero-order chi connectivity index (χ0) is 13.4. The van der Waals surface area contributed by atoms with Gasteiger partial charge in [0.25, 0.3) is 5.56 Å². The van der Waals surface area contributed by atoms with Crippen LogP contribution in [0.2, 0.25) is 0 Å². The summed E-state index contributed by atoms with van der Waals surface area (Å²) in [6.07, 6.45) is 0. The number of hydrogen-bond acceptors (Lipinski definition) is 4. The van der Waals surface area contributed by atoms with Gasteiger partial charge in [-0.25, -0.2) is 0 Å². The number of hydrogen-bond donors (Lipinski definition) is 1. The van der Waals surface area contributed by atoms with Crippen LogP contribution in [-0.4, -0.2) is 14.5 Å². The highest BCUT2D eigenvalue weighted by molar-refractivity contribution is 7.71. The van der Waals surface area contributed by atoms with Gasteiger partial charge in [0.1, 0.15) is 4.70 Å². The number of H-pyrrole nitrogens is 1. The summed E-state index contributed by atoms with van der Waals surface area (Å²) >= 11 is 6.67. The highest BCUT2D eigenvalue weighted by Gasteiger charge is 2.07. The lowest BCUT2D eigenvalue weighted by atomic mass is 10.3. The Labute approximate surface area is 118 Å². The molecular weight excluding hydrogens is 278 g/mol. The molecule has 3 aromatic heterocycles. The molecule has 0 radical (unpaired) electrons. The standard InChI is InChI=1S/C13H11N3OS2/c1-8-3-2-4-9(14-8)7-16-12(17)11-10(5-6-19-11)15-13(16)18/h2-6H,7H2,1H3,(H,15,18). The number of aromatic amines is 1. The van der Waals surface area contributed by atoms with Crippen molar-refractivity contribution in [2.45, 2.75) is 13.5 Å². The Balaban J connectivity index is 2.15. The fraction of sp³-hybridized carbons (Fsp3) is 0.154. The summed E-state index contributed by atoms with van der Waals surface area (Å²) in [6, 6.07) is 7.62. The molecule has 0 fully saturated rings. The van der Waals surface area contributed by atoms with Crippen molar-refractivity contribution in [2.75, 3.05) is 0 Å². The minimum atomic E-state index is -0.0583. The second kappa shape index (κ2) is 4.71. The Kier molecular flexibility index (Phi) is 3.04. The van der Waals surface area contributed by atoms with E-state index < -0.39 is 0 Å². The van der Waals surface area contributed by atoms with Crippen LogP contribution in [0.15, 0.2) is 34.4 Å². The lowest BCUT2D eigenvalue weighted by molar-refractivity contribution is 0.716. The van der Waals surface area contributed by atoms with Gasteiger partial charge in [-0.05, 0) is 42.7 Å². The Morgan fingerprint density at radius 3 is 3.05 bits per heavy atom. The average molecular weight is 289 g/mol. The van der Waals surface area contributed by atoms with Gasteiger partial charge in [-0.15, -0.1) is 11.3 Å². The topological polar surface area (TPSA) is 50.7 Å². The van der Waals surface area contributed by atoms with Crippen LogP contribution in [0, 0.1) is 11.7 Å². The lowest BCUT2D eigenvalue weighted by Gasteiger charge is -2.06. The van der Waals surface area contributed by atoms with Crippen LogP contribution in [0.1, 0.15) is 11.4 Å². The second-order valence-corrected chi connectivity index (χ2v) is 5.56. The summed E-state index contributed by atoms with van der Waals surface area (Å²) in [4.78, 5) is 19.8. The van der Waals surface area contributed by atoms with E-state index in [1.54, 1.807) is 4.57 Å². The van der Waals surface area contributed by atoms with E-state index >= 15 is 0 Å². The van der Waals surface area contributed by atoms with Crippen molar-refractivity contribution >= 4 is 33.8 Å². The van der Waals surface area contributed by atoms with Crippen LogP contribution in [0.5, 0.6) is 0 Å². The molecule has 0 saturated carbocycles. The number of fused-ring (bicyclic) bond motifs is 1. The number of aromatic nitrogens is 3. The molecule has 4 nitrogen and oxygen atoms in total. The third-order valence-electron chi connectivity index (χ3n) is 2.86. The molecule has 1 N–H and O–H groups in total. The van der Waals surface area contributed by atoms with Crippen LogP contribution in [0.4, 0.5) is 0 Å². The van der Waals surface area contributed by atoms with Gasteiger partial charge >= 0.3 is 0 Å². The molecule has 0 saturated heterocycles. The molecule has 0 bridgehead atoms. The molecule has 0 amide bonds. The van der Waals surface area contributed by atoms with Gasteiger partial charge in [-0.1, -0.05) is 6.07 Å². The Morgan fingerprint density at radius 1 is 1.42 bits per heavy atom. The van der Waals surface area contributed by atoms with Crippen molar-refractivity contribution in [3.8, 4) is 0 Å². The number of thiophene rings is 1. The van der Waals surface area contributed by atoms with Crippen molar-refractivity contribution in [3.63, 3.8) is 0 Å². The predicted molar refractivity (Wildman–Crippen MR) is 79.3 cm³/mol. The van der Waals surface area contributed by atoms with Crippen molar-refractivity contribution < 1.29 is 0 Å². The fourth-order valence-electron chi connectivity index (χ4n) is 1.96. The van der Waals surface area contributed by atoms with Gasteiger partial charge in [0, 0.05) is 5.69 Å². The van der Waals surface area contributed by atoms with E-state index in [1.807, 2.05) is 36.6 Å². The van der Waals surface area contributed by atoms with Crippen molar-refractivity contribution in [1.29, 1.82) is 0 Å². The molecule has 3 aromatic rings. The summed E-state index contributed by atoms with van der Waals surface area (Å²) < 4.78 is 2.68. The molecule has 0 atom stereocenters. The largest absolute Gasteiger partial charge is 0.331 e. The normalized spacial score (nSPS) is 11.0. The molecule has 0 spiro atoms. The number of nitrogens with one attached hydrogen (secondary N) is 1. The van der Waals surface area contributed by atoms with E-state index in [1.165, 1.54) is 11.3 Å². The molecular formula is C13H11N3OS2. The van der Waals surface area contributed by atoms with E-state index in [-0.39, 0.29) is 5.56 Å². The van der Waals surface area contributed by atoms with Crippen molar-refractivity contribution in [2.24, 2.45) is 0 Å². The van der Waals surface area contributed by atoms with Crippen molar-refractivity contribution in [3.05, 3.63) is 56.2 Å². The molecule has 3 heterocycles. The summed E-state index contributed by atoms with van der Waals surface area (Å²) in [7, 11) is 0. The van der Waals surface area contributed by atoms with Crippen LogP contribution in [-0.2, 0) is 6.54 Å². The fourth-order valence-corrected chi connectivity index (χ4v) is 3.02. The van der Waals surface area contributed by atoms with Gasteiger partial charge in [0.15, 0.2) is 4.77 Å². The molecule has 0 aliphatic carbocycles. The molecule has 19 heavy (non-hydrogen) atoms. The Morgan fingerprint density at radius 2 is 2.26 bits per heavy atom. The second-order valence-electron chi connectivity index (χ2n) is 4.26. The molecule has 0 unspecified atom stereocenters. The number of rotatable bonds is 2. The average Bonchev–Trinajstić information content (AvgIpc) is 2.83. The first-order valence-electron chi connectivity index (χ1n) is 5.78. The van der Waals surface area contributed by atoms with Gasteiger partial charge in [0.05, 0.1) is 17.8 Å². The maximum atomic E-state index is 12.4. The quantitative estimate of drug-likeness (QED) is 0.738. The van der Waals surface area contributed by atoms with Gasteiger partial charge in [-0.3, -0.25) is 14.3 Å². The Bertz CT molecular complexity index is 860. The maximum Gasteiger partial charge on any atom is 0.272 e. The zero-order valence-corrected chi connectivity index (χ0v) is 11.8. The van der Waals surface area contributed by atoms with Crippen molar-refractivity contribution in [1.82, 2.24) is 14.5 Å². The number of pyridine rings is 1. The van der Waals surface area contributed by atoms with E-state index in [9.17, 15) is 4.79 Å². The summed E-state index contributed by atoms with van der Waals surface area (Å²) in [5.74, 6) is 0. The van der Waals surface area contributed by atoms with Crippen LogP contribution >= 0.6 is 23.6 Å². The van der Waals surface area contributed by atoms with E-state index in [0.717, 1.165) is 16.9 Å². The van der Waals surface area contributed by atoms with Gasteiger partial charge in [0.2, 0.25) is 0 Å². The van der Waals surface area contributed by atoms with Gasteiger partial charge in [-0.2, -0.15) is 0 Å². The highest BCUT2D eigenvalue weighted by atomic mass is 32.1. The molecule has 6 heteroatoms. The molecule has 0 aliphatic rings. The third-order valence-corrected chi connectivity index (χ3v) is 4.08. The first kappa shape index (κ1) is 12.3. The van der Waals surface area contributed by atoms with Gasteiger partial charge < -0.3 is 4.98 Å². The summed E-state index contributed by atoms with van der Waals surface area (Å²) in [5, 5.41) is 1.88. The first-order chi connectivity index (χ1) is 9.15. The minimum Gasteiger partial charge on any atom is -0.331 e. The van der Waals surface area contributed by atoms with Crippen LogP contribution in [0.25, 0.3) is 10.2 Å². The SMILES string of the molecule is Cc1cccc(Cn2c(=S)[nH]c3ccsc3c2=O)n1. The van der Waals surface area contributed by atoms with E-state index in [0.29, 0.717) is 16.0 Å². The maximum absolute atomic E-state index is 12.4. The smallest absolute Gasteiger partial charge is 0.272 e. The summed E-state index contributed by atoms with van der Waals surface area (Å²) in [6.45, 7) is 2.32. The lowest BCUT2D eigenvalue weighted by Crippen LogP contribution is -2.22. The molecule has 96 valence electrons. The number of nitrogens with zero attached hydrogens (tertiary/aromatic N) is 2. The monoisotopic (exact) mass is 289 g/mol. The molecule has 0 aromatic carbocycles.